The van der Waals surface area contributed by atoms with E-state index in [0.717, 1.165) is 6.07 Å². The molecule has 0 amide bonds. The van der Waals surface area contributed by atoms with Crippen LogP contribution in [-0.4, -0.2) is 7.05 Å². The number of ether oxygens (including phenoxy) is 1. The molecule has 0 aliphatic heterocycles. The van der Waals surface area contributed by atoms with Crippen LogP contribution in [0.15, 0.2) is 34.8 Å². The van der Waals surface area contributed by atoms with E-state index < -0.39 is 5.82 Å². The molecule has 0 unspecified atom stereocenters. The molecule has 0 bridgehead atoms. The van der Waals surface area contributed by atoms with Crippen molar-refractivity contribution in [2.75, 3.05) is 7.05 Å². The molecular weight excluding hydrogens is 352 g/mol. The molecular formula is C14H11BrClF2NO. The molecule has 0 spiro atoms. The van der Waals surface area contributed by atoms with Gasteiger partial charge in [-0.25, -0.2) is 8.78 Å². The molecule has 0 aliphatic rings. The van der Waals surface area contributed by atoms with Gasteiger partial charge in [0.25, 0.3) is 0 Å². The van der Waals surface area contributed by atoms with E-state index >= 15 is 0 Å². The molecule has 0 radical (unpaired) electrons. The maximum absolute atomic E-state index is 13.8. The van der Waals surface area contributed by atoms with E-state index in [1.807, 2.05) is 0 Å². The highest BCUT2D eigenvalue weighted by Gasteiger charge is 2.13. The lowest BCUT2D eigenvalue weighted by Crippen LogP contribution is -2.08. The normalized spacial score (nSPS) is 10.7. The Morgan fingerprint density at radius 1 is 1.20 bits per heavy atom. The fourth-order valence-corrected chi connectivity index (χ4v) is 2.40. The summed E-state index contributed by atoms with van der Waals surface area (Å²) in [7, 11) is 1.70. The molecule has 0 saturated carbocycles. The van der Waals surface area contributed by atoms with Crippen molar-refractivity contribution in [2.45, 2.75) is 6.54 Å². The first kappa shape index (κ1) is 15.2. The Kier molecular flexibility index (Phi) is 4.96. The second-order valence-electron chi connectivity index (χ2n) is 4.05. The van der Waals surface area contributed by atoms with Crippen LogP contribution in [0.2, 0.25) is 5.02 Å². The van der Waals surface area contributed by atoms with Gasteiger partial charge < -0.3 is 10.1 Å². The summed E-state index contributed by atoms with van der Waals surface area (Å²) in [4.78, 5) is 0. The van der Waals surface area contributed by atoms with Crippen LogP contribution in [0, 0.1) is 11.6 Å². The third-order valence-corrected chi connectivity index (χ3v) is 3.53. The number of benzene rings is 2. The number of nitrogens with one attached hydrogen (secondary N) is 1. The van der Waals surface area contributed by atoms with Crippen LogP contribution in [0.25, 0.3) is 0 Å². The molecule has 106 valence electrons. The summed E-state index contributed by atoms with van der Waals surface area (Å²) in [5, 5.41) is 2.84. The zero-order valence-electron chi connectivity index (χ0n) is 10.5. The summed E-state index contributed by atoms with van der Waals surface area (Å²) in [6.07, 6.45) is 0. The van der Waals surface area contributed by atoms with Gasteiger partial charge in [-0.05, 0) is 41.2 Å². The lowest BCUT2D eigenvalue weighted by molar-refractivity contribution is 0.457. The van der Waals surface area contributed by atoms with Gasteiger partial charge in [0.05, 0.1) is 9.50 Å². The van der Waals surface area contributed by atoms with E-state index in [9.17, 15) is 8.78 Å². The highest BCUT2D eigenvalue weighted by molar-refractivity contribution is 9.10. The third-order valence-electron chi connectivity index (χ3n) is 2.62. The number of hydrogen-bond acceptors (Lipinski definition) is 2. The first-order valence-corrected chi connectivity index (χ1v) is 6.94. The Morgan fingerprint density at radius 2 is 1.95 bits per heavy atom. The lowest BCUT2D eigenvalue weighted by atomic mass is 10.2. The monoisotopic (exact) mass is 361 g/mol. The Labute approximate surface area is 128 Å². The van der Waals surface area contributed by atoms with Crippen molar-refractivity contribution >= 4 is 27.5 Å². The summed E-state index contributed by atoms with van der Waals surface area (Å²) in [5.41, 5.74) is 0.372. The zero-order valence-corrected chi connectivity index (χ0v) is 12.9. The minimum Gasteiger partial charge on any atom is -0.456 e. The molecule has 0 saturated heterocycles. The van der Waals surface area contributed by atoms with Gasteiger partial charge in [0.1, 0.15) is 23.1 Å². The van der Waals surface area contributed by atoms with Crippen LogP contribution in [0.3, 0.4) is 0 Å². The van der Waals surface area contributed by atoms with Gasteiger partial charge in [0, 0.05) is 18.2 Å². The summed E-state index contributed by atoms with van der Waals surface area (Å²) in [6.45, 7) is 0.301. The second kappa shape index (κ2) is 6.52. The van der Waals surface area contributed by atoms with E-state index in [1.54, 1.807) is 13.1 Å². The first-order valence-electron chi connectivity index (χ1n) is 5.77. The van der Waals surface area contributed by atoms with Crippen LogP contribution in [0.5, 0.6) is 11.5 Å². The number of halogens is 4. The predicted molar refractivity (Wildman–Crippen MR) is 78.3 cm³/mol. The number of rotatable bonds is 4. The summed E-state index contributed by atoms with van der Waals surface area (Å²) in [5.74, 6) is -0.435. The molecule has 2 aromatic carbocycles. The van der Waals surface area contributed by atoms with Crippen molar-refractivity contribution in [1.82, 2.24) is 5.32 Å². The fourth-order valence-electron chi connectivity index (χ4n) is 1.68. The Morgan fingerprint density at radius 3 is 2.65 bits per heavy atom. The SMILES string of the molecule is CNCc1c(F)cccc1Oc1cc(F)c(Cl)cc1Br. The molecule has 6 heteroatoms. The number of hydrogen-bond donors (Lipinski definition) is 1. The average molecular weight is 363 g/mol. The van der Waals surface area contributed by atoms with Crippen molar-refractivity contribution < 1.29 is 13.5 Å². The largest absolute Gasteiger partial charge is 0.456 e. The van der Waals surface area contributed by atoms with E-state index in [4.69, 9.17) is 16.3 Å². The predicted octanol–water partition coefficient (Wildman–Crippen LogP) is 4.89. The molecule has 0 aliphatic carbocycles. The molecule has 0 atom stereocenters. The van der Waals surface area contributed by atoms with Crippen LogP contribution in [-0.2, 0) is 6.54 Å². The van der Waals surface area contributed by atoms with Crippen LogP contribution in [0.1, 0.15) is 5.56 Å². The van der Waals surface area contributed by atoms with Gasteiger partial charge in [0.15, 0.2) is 0 Å². The second-order valence-corrected chi connectivity index (χ2v) is 5.31. The van der Waals surface area contributed by atoms with Crippen molar-refractivity contribution in [2.24, 2.45) is 0 Å². The van der Waals surface area contributed by atoms with Gasteiger partial charge in [-0.2, -0.15) is 0 Å². The van der Waals surface area contributed by atoms with E-state index in [-0.39, 0.29) is 16.6 Å². The van der Waals surface area contributed by atoms with Crippen molar-refractivity contribution in [1.29, 1.82) is 0 Å². The van der Waals surface area contributed by atoms with Gasteiger partial charge in [-0.3, -0.25) is 0 Å². The molecule has 20 heavy (non-hydrogen) atoms. The Balaban J connectivity index is 2.40. The van der Waals surface area contributed by atoms with Gasteiger partial charge in [0.2, 0.25) is 0 Å². The van der Waals surface area contributed by atoms with Crippen molar-refractivity contribution in [3.8, 4) is 11.5 Å². The van der Waals surface area contributed by atoms with E-state index in [1.165, 1.54) is 18.2 Å². The molecule has 2 nitrogen and oxygen atoms in total. The van der Waals surface area contributed by atoms with Crippen LogP contribution >= 0.6 is 27.5 Å². The molecule has 2 rings (SSSR count). The lowest BCUT2D eigenvalue weighted by Gasteiger charge is -2.13. The van der Waals surface area contributed by atoms with Crippen LogP contribution < -0.4 is 10.1 Å². The van der Waals surface area contributed by atoms with Crippen molar-refractivity contribution in [3.63, 3.8) is 0 Å². The zero-order chi connectivity index (χ0) is 14.7. The average Bonchev–Trinajstić information content (AvgIpc) is 2.40. The minimum atomic E-state index is -0.601. The van der Waals surface area contributed by atoms with Crippen LogP contribution in [0.4, 0.5) is 8.78 Å². The summed E-state index contributed by atoms with van der Waals surface area (Å²) >= 11 is 8.90. The maximum atomic E-state index is 13.8. The summed E-state index contributed by atoms with van der Waals surface area (Å²) < 4.78 is 33.3. The van der Waals surface area contributed by atoms with Crippen molar-refractivity contribution in [3.05, 3.63) is 57.0 Å². The van der Waals surface area contributed by atoms with E-state index in [2.05, 4.69) is 21.2 Å². The van der Waals surface area contributed by atoms with Gasteiger partial charge in [-0.15, -0.1) is 0 Å². The quantitative estimate of drug-likeness (QED) is 0.782. The Hall–Kier alpha value is -1.17. The highest BCUT2D eigenvalue weighted by atomic mass is 79.9. The maximum Gasteiger partial charge on any atom is 0.145 e. The first-order chi connectivity index (χ1) is 9.52. The molecule has 2 aromatic rings. The fraction of sp³-hybridized carbons (Fsp3) is 0.143. The third kappa shape index (κ3) is 3.29. The van der Waals surface area contributed by atoms with Gasteiger partial charge >= 0.3 is 0 Å². The topological polar surface area (TPSA) is 21.3 Å². The van der Waals surface area contributed by atoms with Gasteiger partial charge in [-0.1, -0.05) is 17.7 Å². The molecule has 0 fully saturated rings. The summed E-state index contributed by atoms with van der Waals surface area (Å²) in [6, 6.07) is 7.04. The smallest absolute Gasteiger partial charge is 0.145 e. The molecule has 0 aromatic heterocycles. The minimum absolute atomic E-state index is 0.0149. The Bertz CT molecular complexity index is 637. The standard InChI is InChI=1S/C14H11BrClF2NO/c1-19-7-8-11(17)3-2-4-13(8)20-14-6-12(18)10(16)5-9(14)15/h2-6,19H,7H2,1H3. The highest BCUT2D eigenvalue weighted by Crippen LogP contribution is 2.35. The molecule has 0 heterocycles. The van der Waals surface area contributed by atoms with E-state index in [0.29, 0.717) is 22.3 Å². The molecule has 1 N–H and O–H groups in total.